The Morgan fingerprint density at radius 2 is 2.07 bits per heavy atom. The number of carbonyl (C=O) groups is 2. The maximum atomic E-state index is 12.6. The van der Waals surface area contributed by atoms with E-state index in [1.165, 1.54) is 36.7 Å². The van der Waals surface area contributed by atoms with Gasteiger partial charge in [-0.25, -0.2) is 4.79 Å². The van der Waals surface area contributed by atoms with Crippen molar-refractivity contribution in [3.63, 3.8) is 0 Å². The zero-order valence-corrected chi connectivity index (χ0v) is 16.8. The largest absolute Gasteiger partial charge is 0.504 e. The summed E-state index contributed by atoms with van der Waals surface area (Å²) in [6.45, 7) is 5.53. The van der Waals surface area contributed by atoms with E-state index in [4.69, 9.17) is 9.47 Å². The lowest BCUT2D eigenvalue weighted by Gasteiger charge is -2.07. The first-order valence-electron chi connectivity index (χ1n) is 8.39. The number of esters is 1. The molecule has 0 aliphatic rings. The molecule has 0 atom stereocenters. The van der Waals surface area contributed by atoms with Gasteiger partial charge in [0.05, 0.1) is 19.3 Å². The zero-order valence-electron chi connectivity index (χ0n) is 16.0. The van der Waals surface area contributed by atoms with E-state index in [0.29, 0.717) is 16.1 Å². The SMILES string of the molecule is CCOC(=O)c1c(NC(=O)/C(C#N)=C\c2ccc(O)c(OC)c2)sc(C)c1C. The van der Waals surface area contributed by atoms with Crippen molar-refractivity contribution < 1.29 is 24.2 Å². The first-order valence-corrected chi connectivity index (χ1v) is 9.21. The summed E-state index contributed by atoms with van der Waals surface area (Å²) in [6, 6.07) is 6.31. The van der Waals surface area contributed by atoms with E-state index in [9.17, 15) is 20.0 Å². The Bertz CT molecular complexity index is 985. The maximum Gasteiger partial charge on any atom is 0.341 e. The van der Waals surface area contributed by atoms with E-state index in [2.05, 4.69) is 5.32 Å². The Hall–Kier alpha value is -3.31. The molecule has 0 saturated heterocycles. The molecular weight excluding hydrogens is 380 g/mol. The topological polar surface area (TPSA) is 109 Å². The Morgan fingerprint density at radius 1 is 1.36 bits per heavy atom. The van der Waals surface area contributed by atoms with Crippen LogP contribution in [0, 0.1) is 25.2 Å². The van der Waals surface area contributed by atoms with Crippen molar-refractivity contribution in [2.24, 2.45) is 0 Å². The van der Waals surface area contributed by atoms with Crippen molar-refractivity contribution >= 4 is 34.3 Å². The van der Waals surface area contributed by atoms with Crippen LogP contribution in [0.2, 0.25) is 0 Å². The summed E-state index contributed by atoms with van der Waals surface area (Å²) < 4.78 is 10.1. The average Bonchev–Trinajstić information content (AvgIpc) is 2.94. The fourth-order valence-corrected chi connectivity index (χ4v) is 3.48. The van der Waals surface area contributed by atoms with Gasteiger partial charge in [-0.15, -0.1) is 11.3 Å². The number of hydrogen-bond acceptors (Lipinski definition) is 7. The third kappa shape index (κ3) is 4.50. The molecule has 2 N–H and O–H groups in total. The predicted octanol–water partition coefficient (Wildman–Crippen LogP) is 3.80. The third-order valence-electron chi connectivity index (χ3n) is 3.97. The lowest BCUT2D eigenvalue weighted by Crippen LogP contribution is -2.16. The van der Waals surface area contributed by atoms with Crippen LogP contribution in [0.25, 0.3) is 6.08 Å². The molecule has 1 amide bonds. The van der Waals surface area contributed by atoms with Gasteiger partial charge in [-0.2, -0.15) is 5.26 Å². The molecule has 0 bridgehead atoms. The van der Waals surface area contributed by atoms with E-state index in [1.54, 1.807) is 19.9 Å². The van der Waals surface area contributed by atoms with Gasteiger partial charge in [-0.3, -0.25) is 4.79 Å². The summed E-state index contributed by atoms with van der Waals surface area (Å²) in [4.78, 5) is 25.7. The summed E-state index contributed by atoms with van der Waals surface area (Å²) in [5.41, 5.74) is 1.36. The van der Waals surface area contributed by atoms with E-state index in [0.717, 1.165) is 10.4 Å². The molecule has 1 aromatic carbocycles. The second kappa shape index (κ2) is 9.06. The van der Waals surface area contributed by atoms with Crippen LogP contribution in [0.15, 0.2) is 23.8 Å². The molecule has 0 aliphatic heterocycles. The number of methoxy groups -OCH3 is 1. The highest BCUT2D eigenvalue weighted by Gasteiger charge is 2.23. The number of thiophene rings is 1. The van der Waals surface area contributed by atoms with Crippen molar-refractivity contribution in [1.82, 2.24) is 0 Å². The van der Waals surface area contributed by atoms with Crippen molar-refractivity contribution in [2.75, 3.05) is 19.0 Å². The third-order valence-corrected chi connectivity index (χ3v) is 5.09. The number of nitrogens with zero attached hydrogens (tertiary/aromatic N) is 1. The van der Waals surface area contributed by atoms with Gasteiger partial charge in [-0.05, 0) is 50.1 Å². The van der Waals surface area contributed by atoms with Gasteiger partial charge >= 0.3 is 5.97 Å². The Kier molecular flexibility index (Phi) is 6.79. The molecule has 0 saturated carbocycles. The number of nitrogens with one attached hydrogen (secondary N) is 1. The fourth-order valence-electron chi connectivity index (χ4n) is 2.43. The lowest BCUT2D eigenvalue weighted by molar-refractivity contribution is -0.112. The molecule has 1 heterocycles. The fraction of sp³-hybridized carbons (Fsp3) is 0.250. The minimum absolute atomic E-state index is 0.0498. The van der Waals surface area contributed by atoms with E-state index in [-0.39, 0.29) is 23.7 Å². The van der Waals surface area contributed by atoms with E-state index in [1.807, 2.05) is 13.0 Å². The van der Waals surface area contributed by atoms with Gasteiger partial charge in [-0.1, -0.05) is 6.07 Å². The molecule has 2 aromatic rings. The number of carbonyl (C=O) groups excluding carboxylic acids is 2. The van der Waals surface area contributed by atoms with Crippen LogP contribution in [0.1, 0.15) is 33.3 Å². The molecule has 7 nitrogen and oxygen atoms in total. The highest BCUT2D eigenvalue weighted by atomic mass is 32.1. The van der Waals surface area contributed by atoms with Gasteiger partial charge < -0.3 is 19.9 Å². The van der Waals surface area contributed by atoms with Crippen LogP contribution in [-0.4, -0.2) is 30.7 Å². The number of phenols is 1. The first-order chi connectivity index (χ1) is 13.3. The number of anilines is 1. The second-order valence-electron chi connectivity index (χ2n) is 5.76. The average molecular weight is 400 g/mol. The predicted molar refractivity (Wildman–Crippen MR) is 107 cm³/mol. The number of amides is 1. The molecule has 0 spiro atoms. The summed E-state index contributed by atoms with van der Waals surface area (Å²) in [5.74, 6) is -1.00. The summed E-state index contributed by atoms with van der Waals surface area (Å²) in [6.07, 6.45) is 1.37. The number of hydrogen-bond donors (Lipinski definition) is 2. The number of nitriles is 1. The zero-order chi connectivity index (χ0) is 20.8. The highest BCUT2D eigenvalue weighted by molar-refractivity contribution is 7.16. The number of aryl methyl sites for hydroxylation is 1. The van der Waals surface area contributed by atoms with E-state index < -0.39 is 11.9 Å². The minimum Gasteiger partial charge on any atom is -0.504 e. The Balaban J connectivity index is 2.34. The molecule has 0 unspecified atom stereocenters. The molecule has 146 valence electrons. The Labute approximate surface area is 166 Å². The molecule has 8 heteroatoms. The number of rotatable bonds is 6. The Morgan fingerprint density at radius 3 is 2.68 bits per heavy atom. The molecule has 2 rings (SSSR count). The normalized spacial score (nSPS) is 10.9. The van der Waals surface area contributed by atoms with Crippen LogP contribution in [0.3, 0.4) is 0 Å². The highest BCUT2D eigenvalue weighted by Crippen LogP contribution is 2.33. The quantitative estimate of drug-likeness (QED) is 0.434. The molecule has 0 radical (unpaired) electrons. The van der Waals surface area contributed by atoms with Gasteiger partial charge in [0.15, 0.2) is 11.5 Å². The maximum absolute atomic E-state index is 12.6. The van der Waals surface area contributed by atoms with Crippen LogP contribution < -0.4 is 10.1 Å². The summed E-state index contributed by atoms with van der Waals surface area (Å²) >= 11 is 1.24. The lowest BCUT2D eigenvalue weighted by atomic mass is 10.1. The van der Waals surface area contributed by atoms with Crippen LogP contribution >= 0.6 is 11.3 Å². The number of benzene rings is 1. The smallest absolute Gasteiger partial charge is 0.341 e. The van der Waals surface area contributed by atoms with Gasteiger partial charge in [0.1, 0.15) is 16.6 Å². The molecule has 28 heavy (non-hydrogen) atoms. The second-order valence-corrected chi connectivity index (χ2v) is 6.99. The minimum atomic E-state index is -0.652. The molecule has 0 aliphatic carbocycles. The van der Waals surface area contributed by atoms with Gasteiger partial charge in [0.2, 0.25) is 0 Å². The van der Waals surface area contributed by atoms with Crippen LogP contribution in [0.5, 0.6) is 11.5 Å². The molecule has 0 fully saturated rings. The van der Waals surface area contributed by atoms with Crippen LogP contribution in [-0.2, 0) is 9.53 Å². The number of ether oxygens (including phenoxy) is 2. The monoisotopic (exact) mass is 400 g/mol. The van der Waals surface area contributed by atoms with Crippen molar-refractivity contribution in [2.45, 2.75) is 20.8 Å². The van der Waals surface area contributed by atoms with Crippen molar-refractivity contribution in [3.05, 3.63) is 45.3 Å². The van der Waals surface area contributed by atoms with Gasteiger partial charge in [0, 0.05) is 4.88 Å². The molecule has 1 aromatic heterocycles. The molecular formula is C20H20N2O5S. The number of phenolic OH excluding ortho intramolecular Hbond substituents is 1. The van der Waals surface area contributed by atoms with Crippen LogP contribution in [0.4, 0.5) is 5.00 Å². The van der Waals surface area contributed by atoms with E-state index >= 15 is 0 Å². The standard InChI is InChI=1S/C20H20N2O5S/c1-5-27-20(25)17-11(2)12(3)28-19(17)22-18(24)14(10-21)8-13-6-7-15(23)16(9-13)26-4/h6-9,23H,5H2,1-4H3,(H,22,24)/b14-8-. The first kappa shape index (κ1) is 21.0. The summed E-state index contributed by atoms with van der Waals surface area (Å²) in [7, 11) is 1.40. The van der Waals surface area contributed by atoms with Gasteiger partial charge in [0.25, 0.3) is 5.91 Å². The summed E-state index contributed by atoms with van der Waals surface area (Å²) in [5, 5.41) is 22.0. The van der Waals surface area contributed by atoms with Crippen molar-refractivity contribution in [3.8, 4) is 17.6 Å². The number of aromatic hydroxyl groups is 1. The van der Waals surface area contributed by atoms with Crippen molar-refractivity contribution in [1.29, 1.82) is 5.26 Å².